The standard InChI is InChI=1S/C23H19Cl2N3O3/c24-17-6-2-15(3-7-17)20-19(21(29)16-4-8-18(25)9-5-16)22(30)23(31)28(20)12-1-11-27-13-10-26-14-27/h2-10,13-14,20,29H,1,11-12H2/b21-19-. The number of aliphatic hydroxyl groups is 1. The van der Waals surface area contributed by atoms with Gasteiger partial charge in [-0.25, -0.2) is 4.98 Å². The lowest BCUT2D eigenvalue weighted by Gasteiger charge is -2.25. The predicted octanol–water partition coefficient (Wildman–Crippen LogP) is 4.70. The van der Waals surface area contributed by atoms with Gasteiger partial charge in [0.25, 0.3) is 11.7 Å². The molecule has 0 radical (unpaired) electrons. The molecule has 1 aliphatic heterocycles. The number of hydrogen-bond acceptors (Lipinski definition) is 4. The van der Waals surface area contributed by atoms with Crippen molar-refractivity contribution in [2.24, 2.45) is 0 Å². The smallest absolute Gasteiger partial charge is 0.295 e. The van der Waals surface area contributed by atoms with Crippen LogP contribution in [0.3, 0.4) is 0 Å². The van der Waals surface area contributed by atoms with Gasteiger partial charge in [0.1, 0.15) is 5.76 Å². The van der Waals surface area contributed by atoms with E-state index in [1.165, 1.54) is 4.90 Å². The molecule has 4 rings (SSSR count). The number of aromatic nitrogens is 2. The lowest BCUT2D eigenvalue weighted by molar-refractivity contribution is -0.139. The van der Waals surface area contributed by atoms with E-state index in [1.54, 1.807) is 61.1 Å². The number of rotatable bonds is 6. The number of nitrogens with zero attached hydrogens (tertiary/aromatic N) is 3. The van der Waals surface area contributed by atoms with E-state index >= 15 is 0 Å². The van der Waals surface area contributed by atoms with Crippen molar-refractivity contribution in [1.82, 2.24) is 14.5 Å². The van der Waals surface area contributed by atoms with Crippen LogP contribution in [-0.2, 0) is 16.1 Å². The quantitative estimate of drug-likeness (QED) is 0.332. The van der Waals surface area contributed by atoms with E-state index < -0.39 is 17.7 Å². The molecule has 1 N–H and O–H groups in total. The summed E-state index contributed by atoms with van der Waals surface area (Å²) in [4.78, 5) is 31.4. The summed E-state index contributed by atoms with van der Waals surface area (Å²) in [6, 6.07) is 12.7. The molecule has 2 heterocycles. The average molecular weight is 456 g/mol. The van der Waals surface area contributed by atoms with Crippen LogP contribution >= 0.6 is 23.2 Å². The van der Waals surface area contributed by atoms with Gasteiger partial charge in [0.15, 0.2) is 0 Å². The average Bonchev–Trinajstić information content (AvgIpc) is 3.37. The van der Waals surface area contributed by atoms with Gasteiger partial charge in [-0.15, -0.1) is 0 Å². The molecule has 0 saturated carbocycles. The van der Waals surface area contributed by atoms with Crippen molar-refractivity contribution in [1.29, 1.82) is 0 Å². The maximum atomic E-state index is 13.0. The number of aryl methyl sites for hydroxylation is 1. The highest BCUT2D eigenvalue weighted by molar-refractivity contribution is 6.46. The van der Waals surface area contributed by atoms with Crippen molar-refractivity contribution >= 4 is 40.7 Å². The van der Waals surface area contributed by atoms with Gasteiger partial charge in [0, 0.05) is 41.1 Å². The van der Waals surface area contributed by atoms with Gasteiger partial charge in [-0.2, -0.15) is 0 Å². The fourth-order valence-corrected chi connectivity index (χ4v) is 3.96. The van der Waals surface area contributed by atoms with Crippen LogP contribution < -0.4 is 0 Å². The van der Waals surface area contributed by atoms with Gasteiger partial charge in [0.05, 0.1) is 17.9 Å². The number of carbonyl (C=O) groups is 2. The minimum absolute atomic E-state index is 0.0530. The molecule has 6 nitrogen and oxygen atoms in total. The number of Topliss-reactive ketones (excluding diaryl/α,β-unsaturated/α-hetero) is 1. The van der Waals surface area contributed by atoms with E-state index in [-0.39, 0.29) is 11.3 Å². The first-order chi connectivity index (χ1) is 15.0. The van der Waals surface area contributed by atoms with Gasteiger partial charge in [0.2, 0.25) is 0 Å². The molecule has 8 heteroatoms. The molecule has 158 valence electrons. The molecule has 1 aliphatic rings. The predicted molar refractivity (Wildman–Crippen MR) is 119 cm³/mol. The van der Waals surface area contributed by atoms with Crippen molar-refractivity contribution in [2.45, 2.75) is 19.0 Å². The molecule has 1 saturated heterocycles. The monoisotopic (exact) mass is 455 g/mol. The summed E-state index contributed by atoms with van der Waals surface area (Å²) >= 11 is 12.0. The summed E-state index contributed by atoms with van der Waals surface area (Å²) in [5, 5.41) is 12.0. The Bertz CT molecular complexity index is 1120. The van der Waals surface area contributed by atoms with Crippen LogP contribution in [0.25, 0.3) is 5.76 Å². The van der Waals surface area contributed by atoms with Crippen LogP contribution in [0.4, 0.5) is 0 Å². The first kappa shape index (κ1) is 21.2. The second-order valence-electron chi connectivity index (χ2n) is 7.20. The number of hydrogen-bond donors (Lipinski definition) is 1. The lowest BCUT2D eigenvalue weighted by atomic mass is 9.95. The summed E-state index contributed by atoms with van der Waals surface area (Å²) in [5.41, 5.74) is 1.17. The van der Waals surface area contributed by atoms with Gasteiger partial charge < -0.3 is 14.6 Å². The van der Waals surface area contributed by atoms with Crippen molar-refractivity contribution in [2.75, 3.05) is 6.54 Å². The Morgan fingerprint density at radius 1 is 0.968 bits per heavy atom. The molecule has 0 spiro atoms. The molecule has 1 amide bonds. The first-order valence-electron chi connectivity index (χ1n) is 9.71. The zero-order valence-corrected chi connectivity index (χ0v) is 17.9. The van der Waals surface area contributed by atoms with Crippen molar-refractivity contribution in [3.05, 3.63) is 94.0 Å². The summed E-state index contributed by atoms with van der Waals surface area (Å²) in [5.74, 6) is -1.58. The third-order valence-corrected chi connectivity index (χ3v) is 5.72. The van der Waals surface area contributed by atoms with Gasteiger partial charge >= 0.3 is 0 Å². The highest BCUT2D eigenvalue weighted by Crippen LogP contribution is 2.39. The van der Waals surface area contributed by atoms with Crippen molar-refractivity contribution in [3.63, 3.8) is 0 Å². The van der Waals surface area contributed by atoms with E-state index in [1.807, 2.05) is 10.8 Å². The second kappa shape index (κ2) is 8.96. The first-order valence-corrected chi connectivity index (χ1v) is 10.5. The molecular formula is C23H19Cl2N3O3. The lowest BCUT2D eigenvalue weighted by Crippen LogP contribution is -2.31. The molecule has 0 bridgehead atoms. The molecule has 31 heavy (non-hydrogen) atoms. The minimum atomic E-state index is -0.713. The summed E-state index contributed by atoms with van der Waals surface area (Å²) in [6.45, 7) is 0.987. The number of ketones is 1. The highest BCUT2D eigenvalue weighted by Gasteiger charge is 2.45. The maximum Gasteiger partial charge on any atom is 0.295 e. The number of aliphatic hydroxyl groups excluding tert-OH is 1. The Morgan fingerprint density at radius 3 is 2.23 bits per heavy atom. The number of carbonyl (C=O) groups excluding carboxylic acids is 2. The molecular weight excluding hydrogens is 437 g/mol. The fourth-order valence-electron chi connectivity index (χ4n) is 3.71. The number of benzene rings is 2. The SMILES string of the molecule is O=C1C(=O)N(CCCn2ccnc2)C(c2ccc(Cl)cc2)/C1=C(/O)c1ccc(Cl)cc1. The van der Waals surface area contributed by atoms with E-state index in [0.29, 0.717) is 40.7 Å². The van der Waals surface area contributed by atoms with Crippen molar-refractivity contribution < 1.29 is 14.7 Å². The summed E-state index contributed by atoms with van der Waals surface area (Å²) in [7, 11) is 0. The normalized spacial score (nSPS) is 18.0. The molecule has 1 aromatic heterocycles. The second-order valence-corrected chi connectivity index (χ2v) is 8.08. The highest BCUT2D eigenvalue weighted by atomic mass is 35.5. The Balaban J connectivity index is 1.72. The maximum absolute atomic E-state index is 13.0. The van der Waals surface area contributed by atoms with Crippen LogP contribution in [-0.4, -0.2) is 37.8 Å². The molecule has 1 atom stereocenters. The van der Waals surface area contributed by atoms with E-state index in [4.69, 9.17) is 23.2 Å². The van der Waals surface area contributed by atoms with Crippen LogP contribution in [0, 0.1) is 0 Å². The van der Waals surface area contributed by atoms with Crippen molar-refractivity contribution in [3.8, 4) is 0 Å². The largest absolute Gasteiger partial charge is 0.507 e. The summed E-state index contributed by atoms with van der Waals surface area (Å²) < 4.78 is 1.90. The molecule has 1 unspecified atom stereocenters. The zero-order chi connectivity index (χ0) is 22.0. The number of halogens is 2. The van der Waals surface area contributed by atoms with Gasteiger partial charge in [-0.05, 0) is 48.4 Å². The minimum Gasteiger partial charge on any atom is -0.507 e. The molecule has 2 aromatic carbocycles. The van der Waals surface area contributed by atoms with E-state index in [0.717, 1.165) is 0 Å². The number of imidazole rings is 1. The number of likely N-dealkylation sites (tertiary alicyclic amines) is 1. The topological polar surface area (TPSA) is 75.4 Å². The Morgan fingerprint density at radius 2 is 1.61 bits per heavy atom. The number of amides is 1. The van der Waals surface area contributed by atoms with Crippen LogP contribution in [0.2, 0.25) is 10.0 Å². The Hall–Kier alpha value is -3.09. The molecule has 3 aromatic rings. The third kappa shape index (κ3) is 4.36. The van der Waals surface area contributed by atoms with Gasteiger partial charge in [-0.3, -0.25) is 9.59 Å². The molecule has 1 fully saturated rings. The third-order valence-electron chi connectivity index (χ3n) is 5.22. The molecule has 0 aliphatic carbocycles. The fraction of sp³-hybridized carbons (Fsp3) is 0.174. The van der Waals surface area contributed by atoms with Crippen LogP contribution in [0.1, 0.15) is 23.6 Å². The Kier molecular flexibility index (Phi) is 6.11. The Labute approximate surface area is 189 Å². The van der Waals surface area contributed by atoms with E-state index in [2.05, 4.69) is 4.98 Å². The summed E-state index contributed by atoms with van der Waals surface area (Å²) in [6.07, 6.45) is 5.84. The van der Waals surface area contributed by atoms with Gasteiger partial charge in [-0.1, -0.05) is 35.3 Å². The zero-order valence-electron chi connectivity index (χ0n) is 16.4. The van der Waals surface area contributed by atoms with Crippen LogP contribution in [0.15, 0.2) is 72.8 Å². The van der Waals surface area contributed by atoms with E-state index in [9.17, 15) is 14.7 Å². The van der Waals surface area contributed by atoms with Crippen LogP contribution in [0.5, 0.6) is 0 Å².